The Kier molecular flexibility index (Phi) is 16.1. The van der Waals surface area contributed by atoms with Crippen LogP contribution in [0.5, 0.6) is 11.5 Å². The quantitative estimate of drug-likeness (QED) is 0.178. The molecule has 1 rings (SSSR count). The van der Waals surface area contributed by atoms with E-state index in [9.17, 15) is 0 Å². The van der Waals surface area contributed by atoms with Gasteiger partial charge in [0.25, 0.3) is 0 Å². The van der Waals surface area contributed by atoms with E-state index in [0.717, 1.165) is 50.4 Å². The molecule has 0 radical (unpaired) electrons. The summed E-state index contributed by atoms with van der Waals surface area (Å²) in [7, 11) is 0. The summed E-state index contributed by atoms with van der Waals surface area (Å²) in [6, 6.07) is 0. The fraction of sp³-hybridized carbons (Fsp3) is 0.857. The highest BCUT2D eigenvalue weighted by Crippen LogP contribution is 2.51. The molecule has 0 aliphatic carbocycles. The second-order valence-corrected chi connectivity index (χ2v) is 11.8. The van der Waals surface area contributed by atoms with Crippen LogP contribution in [-0.4, -0.2) is 66.1 Å². The molecule has 1 heterocycles. The largest absolute Gasteiger partial charge is 0.486 e. The van der Waals surface area contributed by atoms with Gasteiger partial charge in [-0.3, -0.25) is 0 Å². The van der Waals surface area contributed by atoms with Gasteiger partial charge in [0, 0.05) is 24.0 Å². The van der Waals surface area contributed by atoms with Crippen molar-refractivity contribution in [3.8, 4) is 11.5 Å². The maximum Gasteiger partial charge on any atom is 0.176 e. The first-order valence-corrected chi connectivity index (χ1v) is 14.2. The topological polar surface area (TPSA) is 55.4 Å². The van der Waals surface area contributed by atoms with Crippen molar-refractivity contribution in [2.24, 2.45) is 0 Å². The van der Waals surface area contributed by atoms with Crippen LogP contribution in [0, 0.1) is 0 Å². The molecule has 0 amide bonds. The van der Waals surface area contributed by atoms with Gasteiger partial charge in [-0.25, -0.2) is 0 Å². The van der Waals surface area contributed by atoms with Gasteiger partial charge in [0.2, 0.25) is 0 Å². The van der Waals surface area contributed by atoms with Crippen LogP contribution in [0.3, 0.4) is 0 Å². The maximum atomic E-state index is 6.31. The predicted octanol–water partition coefficient (Wildman–Crippen LogP) is 6.77. The average molecular weight is 517 g/mol. The van der Waals surface area contributed by atoms with Crippen molar-refractivity contribution in [3.63, 3.8) is 0 Å². The molecule has 0 fully saturated rings. The van der Waals surface area contributed by atoms with Gasteiger partial charge in [0.1, 0.15) is 13.2 Å². The Hall–Kier alpha value is -0.860. The molecule has 0 bridgehead atoms. The number of hydrogen-bond donors (Lipinski definition) is 0. The summed E-state index contributed by atoms with van der Waals surface area (Å²) in [5.41, 5.74) is -0.107. The molecule has 0 aliphatic rings. The van der Waals surface area contributed by atoms with Crippen molar-refractivity contribution >= 4 is 11.3 Å². The molecular formula is C28H52O6S. The number of unbranched alkanes of at least 4 members (excludes halogenated alkanes) is 2. The van der Waals surface area contributed by atoms with Crippen molar-refractivity contribution < 1.29 is 28.4 Å². The standard InChI is InChI=1S/C28H52O6S/c1-9-11-13-29-15-17-31-19-21-33-23-24(34-22-20-32-18-16-30-14-12-10-2)26(28(6,7)8)35-25(23)27(3,4)5/h9-22H2,1-8H3. The first-order valence-electron chi connectivity index (χ1n) is 13.4. The van der Waals surface area contributed by atoms with Crippen LogP contribution in [0.15, 0.2) is 0 Å². The summed E-state index contributed by atoms with van der Waals surface area (Å²) >= 11 is 1.79. The van der Waals surface area contributed by atoms with Crippen molar-refractivity contribution in [2.45, 2.75) is 91.9 Å². The molecule has 0 spiro atoms. The summed E-state index contributed by atoms with van der Waals surface area (Å²) < 4.78 is 35.2. The Morgan fingerprint density at radius 2 is 0.800 bits per heavy atom. The van der Waals surface area contributed by atoms with E-state index < -0.39 is 0 Å². The average Bonchev–Trinajstić information content (AvgIpc) is 3.16. The molecule has 0 unspecified atom stereocenters. The fourth-order valence-electron chi connectivity index (χ4n) is 3.19. The molecule has 0 aromatic carbocycles. The van der Waals surface area contributed by atoms with Gasteiger partial charge < -0.3 is 28.4 Å². The van der Waals surface area contributed by atoms with Gasteiger partial charge in [0.15, 0.2) is 11.5 Å². The highest BCUT2D eigenvalue weighted by molar-refractivity contribution is 7.13. The lowest BCUT2D eigenvalue weighted by Gasteiger charge is -2.20. The second kappa shape index (κ2) is 17.6. The summed E-state index contributed by atoms with van der Waals surface area (Å²) in [5.74, 6) is 1.69. The van der Waals surface area contributed by atoms with Crippen molar-refractivity contribution in [1.29, 1.82) is 0 Å². The second-order valence-electron chi connectivity index (χ2n) is 10.8. The molecule has 0 N–H and O–H groups in total. The number of hydrogen-bond acceptors (Lipinski definition) is 7. The highest BCUT2D eigenvalue weighted by Gasteiger charge is 2.33. The predicted molar refractivity (Wildman–Crippen MR) is 146 cm³/mol. The normalized spacial score (nSPS) is 12.3. The van der Waals surface area contributed by atoms with E-state index in [4.69, 9.17) is 28.4 Å². The van der Waals surface area contributed by atoms with E-state index in [0.29, 0.717) is 52.9 Å². The van der Waals surface area contributed by atoms with E-state index in [1.807, 2.05) is 0 Å². The van der Waals surface area contributed by atoms with Gasteiger partial charge >= 0.3 is 0 Å². The summed E-state index contributed by atoms with van der Waals surface area (Å²) in [6.07, 6.45) is 4.47. The molecule has 7 heteroatoms. The van der Waals surface area contributed by atoms with Crippen LogP contribution < -0.4 is 9.47 Å². The van der Waals surface area contributed by atoms with E-state index in [2.05, 4.69) is 55.4 Å². The van der Waals surface area contributed by atoms with Crippen LogP contribution in [0.25, 0.3) is 0 Å². The van der Waals surface area contributed by atoms with E-state index in [-0.39, 0.29) is 10.8 Å². The first kappa shape index (κ1) is 32.2. The Morgan fingerprint density at radius 3 is 1.11 bits per heavy atom. The van der Waals surface area contributed by atoms with E-state index >= 15 is 0 Å². The lowest BCUT2D eigenvalue weighted by Crippen LogP contribution is -2.16. The van der Waals surface area contributed by atoms with E-state index in [1.165, 1.54) is 9.75 Å². The van der Waals surface area contributed by atoms with Crippen LogP contribution in [0.1, 0.15) is 90.8 Å². The van der Waals surface area contributed by atoms with Gasteiger partial charge in [-0.05, 0) is 12.8 Å². The van der Waals surface area contributed by atoms with Crippen LogP contribution in [0.4, 0.5) is 0 Å². The monoisotopic (exact) mass is 516 g/mol. The van der Waals surface area contributed by atoms with Crippen LogP contribution >= 0.6 is 11.3 Å². The maximum absolute atomic E-state index is 6.31. The Labute approximate surface area is 219 Å². The molecule has 0 atom stereocenters. The molecule has 1 aromatic heterocycles. The summed E-state index contributed by atoms with van der Waals surface area (Å²) in [6.45, 7) is 23.6. The summed E-state index contributed by atoms with van der Waals surface area (Å²) in [5, 5.41) is 0. The molecule has 0 saturated heterocycles. The Morgan fingerprint density at radius 1 is 0.486 bits per heavy atom. The Bertz CT molecular complexity index is 605. The first-order chi connectivity index (χ1) is 16.6. The molecule has 6 nitrogen and oxygen atoms in total. The smallest absolute Gasteiger partial charge is 0.176 e. The third kappa shape index (κ3) is 13.3. The molecule has 0 aliphatic heterocycles. The van der Waals surface area contributed by atoms with Crippen molar-refractivity contribution in [2.75, 3.05) is 66.1 Å². The molecule has 1 aromatic rings. The lowest BCUT2D eigenvalue weighted by atomic mass is 9.91. The van der Waals surface area contributed by atoms with Crippen molar-refractivity contribution in [3.05, 3.63) is 9.75 Å². The Balaban J connectivity index is 2.69. The fourth-order valence-corrected chi connectivity index (χ4v) is 4.50. The third-order valence-corrected chi connectivity index (χ3v) is 7.17. The molecular weight excluding hydrogens is 464 g/mol. The minimum Gasteiger partial charge on any atom is -0.486 e. The van der Waals surface area contributed by atoms with Gasteiger partial charge in [0.05, 0.1) is 49.4 Å². The third-order valence-electron chi connectivity index (χ3n) is 5.16. The van der Waals surface area contributed by atoms with E-state index in [1.54, 1.807) is 11.3 Å². The number of ether oxygens (including phenoxy) is 6. The van der Waals surface area contributed by atoms with Crippen LogP contribution in [0.2, 0.25) is 0 Å². The molecule has 0 saturated carbocycles. The zero-order chi connectivity index (χ0) is 26.2. The van der Waals surface area contributed by atoms with Gasteiger partial charge in [-0.15, -0.1) is 11.3 Å². The zero-order valence-electron chi connectivity index (χ0n) is 23.8. The lowest BCUT2D eigenvalue weighted by molar-refractivity contribution is 0.0322. The van der Waals surface area contributed by atoms with Gasteiger partial charge in [-0.1, -0.05) is 68.2 Å². The number of rotatable bonds is 20. The minimum atomic E-state index is -0.0537. The SMILES string of the molecule is CCCCOCCOCCOc1c(C(C)(C)C)sc(C(C)(C)C)c1OCCOCCOCCCC. The molecule has 206 valence electrons. The highest BCUT2D eigenvalue weighted by atomic mass is 32.1. The minimum absolute atomic E-state index is 0.0537. The summed E-state index contributed by atoms with van der Waals surface area (Å²) in [4.78, 5) is 2.40. The van der Waals surface area contributed by atoms with Crippen LogP contribution in [-0.2, 0) is 29.8 Å². The molecule has 35 heavy (non-hydrogen) atoms. The van der Waals surface area contributed by atoms with Crippen molar-refractivity contribution in [1.82, 2.24) is 0 Å². The number of thiophene rings is 1. The van der Waals surface area contributed by atoms with Gasteiger partial charge in [-0.2, -0.15) is 0 Å². The zero-order valence-corrected chi connectivity index (χ0v) is 24.6.